The number of hydrogen-bond donors (Lipinski definition) is 0. The summed E-state index contributed by atoms with van der Waals surface area (Å²) in [4.78, 5) is 14.1. The van der Waals surface area contributed by atoms with E-state index in [-0.39, 0.29) is 5.91 Å². The highest BCUT2D eigenvalue weighted by Gasteiger charge is 2.18. The van der Waals surface area contributed by atoms with Crippen molar-refractivity contribution in [3.05, 3.63) is 51.8 Å². The summed E-state index contributed by atoms with van der Waals surface area (Å²) in [5, 5.41) is 4.84. The molecule has 2 rings (SSSR count). The minimum absolute atomic E-state index is 0.0850. The fourth-order valence-corrected chi connectivity index (χ4v) is 2.41. The van der Waals surface area contributed by atoms with E-state index in [1.165, 1.54) is 0 Å². The van der Waals surface area contributed by atoms with Crippen LogP contribution in [-0.2, 0) is 13.6 Å². The Morgan fingerprint density at radius 3 is 2.55 bits per heavy atom. The Bertz CT molecular complexity index is 649. The Morgan fingerprint density at radius 1 is 1.35 bits per heavy atom. The number of nitrogens with zero attached hydrogens (tertiary/aromatic N) is 3. The average molecular weight is 292 g/mol. The van der Waals surface area contributed by atoms with Gasteiger partial charge in [-0.25, -0.2) is 0 Å². The molecule has 20 heavy (non-hydrogen) atoms. The molecule has 1 aromatic carbocycles. The van der Waals surface area contributed by atoms with Crippen LogP contribution in [0.25, 0.3) is 0 Å². The Balaban J connectivity index is 2.22. The molecule has 0 aliphatic carbocycles. The van der Waals surface area contributed by atoms with Gasteiger partial charge in [-0.1, -0.05) is 23.7 Å². The maximum Gasteiger partial charge on any atom is 0.255 e. The summed E-state index contributed by atoms with van der Waals surface area (Å²) < 4.78 is 1.83. The van der Waals surface area contributed by atoms with E-state index in [9.17, 15) is 4.79 Å². The van der Waals surface area contributed by atoms with Crippen LogP contribution in [0.15, 0.2) is 24.3 Å². The van der Waals surface area contributed by atoms with Crippen molar-refractivity contribution in [3.8, 4) is 0 Å². The fraction of sp³-hybridized carbons (Fsp3) is 0.333. The van der Waals surface area contributed by atoms with Gasteiger partial charge < -0.3 is 4.90 Å². The second kappa shape index (κ2) is 5.67. The van der Waals surface area contributed by atoms with Gasteiger partial charge in [0, 0.05) is 31.9 Å². The van der Waals surface area contributed by atoms with E-state index in [2.05, 4.69) is 5.10 Å². The van der Waals surface area contributed by atoms with Crippen LogP contribution in [0.4, 0.5) is 0 Å². The van der Waals surface area contributed by atoms with Crippen LogP contribution in [-0.4, -0.2) is 27.6 Å². The van der Waals surface area contributed by atoms with E-state index < -0.39 is 0 Å². The van der Waals surface area contributed by atoms with Crippen LogP contribution in [0.1, 0.15) is 27.3 Å². The summed E-state index contributed by atoms with van der Waals surface area (Å²) in [6.07, 6.45) is 0. The van der Waals surface area contributed by atoms with E-state index in [4.69, 9.17) is 11.6 Å². The first-order valence-corrected chi connectivity index (χ1v) is 6.78. The zero-order valence-electron chi connectivity index (χ0n) is 12.1. The van der Waals surface area contributed by atoms with E-state index in [1.807, 2.05) is 37.7 Å². The Morgan fingerprint density at radius 2 is 2.00 bits per heavy atom. The molecule has 2 aromatic rings. The fourth-order valence-electron chi connectivity index (χ4n) is 2.20. The molecule has 5 heteroatoms. The Kier molecular flexibility index (Phi) is 4.14. The summed E-state index contributed by atoms with van der Waals surface area (Å²) in [6, 6.07) is 7.09. The van der Waals surface area contributed by atoms with Gasteiger partial charge in [-0.3, -0.25) is 9.48 Å². The number of aromatic nitrogens is 2. The van der Waals surface area contributed by atoms with Crippen molar-refractivity contribution >= 4 is 17.5 Å². The lowest BCUT2D eigenvalue weighted by atomic mass is 10.1. The topological polar surface area (TPSA) is 38.1 Å². The zero-order valence-corrected chi connectivity index (χ0v) is 12.9. The number of amides is 1. The third-order valence-corrected chi connectivity index (χ3v) is 3.83. The maximum absolute atomic E-state index is 12.4. The van der Waals surface area contributed by atoms with Gasteiger partial charge >= 0.3 is 0 Å². The first-order valence-electron chi connectivity index (χ1n) is 6.41. The smallest absolute Gasteiger partial charge is 0.255 e. The van der Waals surface area contributed by atoms with Crippen LogP contribution >= 0.6 is 11.6 Å². The number of aryl methyl sites for hydroxylation is 2. The van der Waals surface area contributed by atoms with E-state index >= 15 is 0 Å². The predicted octanol–water partition coefficient (Wildman–Crippen LogP) is 2.96. The van der Waals surface area contributed by atoms with Crippen LogP contribution in [0, 0.1) is 13.8 Å². The van der Waals surface area contributed by atoms with Crippen LogP contribution in [0.5, 0.6) is 0 Å². The molecule has 0 atom stereocenters. The molecule has 1 aromatic heterocycles. The molecule has 0 spiro atoms. The molecule has 0 saturated heterocycles. The predicted molar refractivity (Wildman–Crippen MR) is 79.9 cm³/mol. The van der Waals surface area contributed by atoms with Crippen LogP contribution in [0.2, 0.25) is 5.02 Å². The van der Waals surface area contributed by atoms with Crippen molar-refractivity contribution in [2.45, 2.75) is 20.4 Å². The molecule has 0 saturated carbocycles. The SMILES string of the molecule is Cc1nn(C)c(C)c1CN(C)C(=O)c1ccccc1Cl. The lowest BCUT2D eigenvalue weighted by molar-refractivity contribution is 0.0785. The maximum atomic E-state index is 12.4. The quantitative estimate of drug-likeness (QED) is 0.872. The van der Waals surface area contributed by atoms with Gasteiger partial charge in [0.2, 0.25) is 0 Å². The molecule has 1 heterocycles. The molecule has 106 valence electrons. The highest BCUT2D eigenvalue weighted by atomic mass is 35.5. The second-order valence-electron chi connectivity index (χ2n) is 4.91. The van der Waals surface area contributed by atoms with Crippen molar-refractivity contribution in [3.63, 3.8) is 0 Å². The van der Waals surface area contributed by atoms with E-state index in [0.29, 0.717) is 17.1 Å². The van der Waals surface area contributed by atoms with Crippen molar-refractivity contribution < 1.29 is 4.79 Å². The highest BCUT2D eigenvalue weighted by Crippen LogP contribution is 2.19. The van der Waals surface area contributed by atoms with Gasteiger partial charge in [-0.05, 0) is 26.0 Å². The number of rotatable bonds is 3. The van der Waals surface area contributed by atoms with Gasteiger partial charge in [-0.15, -0.1) is 0 Å². The second-order valence-corrected chi connectivity index (χ2v) is 5.32. The summed E-state index contributed by atoms with van der Waals surface area (Å²) in [7, 11) is 3.68. The normalized spacial score (nSPS) is 10.7. The zero-order chi connectivity index (χ0) is 14.9. The first-order chi connectivity index (χ1) is 9.41. The lowest BCUT2D eigenvalue weighted by Crippen LogP contribution is -2.27. The molecule has 0 unspecified atom stereocenters. The average Bonchev–Trinajstić information content (AvgIpc) is 2.65. The molecule has 0 aliphatic rings. The van der Waals surface area contributed by atoms with Crippen LogP contribution in [0.3, 0.4) is 0 Å². The number of hydrogen-bond acceptors (Lipinski definition) is 2. The largest absolute Gasteiger partial charge is 0.337 e. The molecule has 0 fully saturated rings. The van der Waals surface area contributed by atoms with Gasteiger partial charge in [0.15, 0.2) is 0 Å². The van der Waals surface area contributed by atoms with Crippen molar-refractivity contribution in [2.75, 3.05) is 7.05 Å². The number of carbonyl (C=O) groups excluding carboxylic acids is 1. The number of benzene rings is 1. The third-order valence-electron chi connectivity index (χ3n) is 3.51. The first kappa shape index (κ1) is 14.6. The van der Waals surface area contributed by atoms with Gasteiger partial charge in [0.05, 0.1) is 16.3 Å². The number of carbonyl (C=O) groups is 1. The molecule has 1 amide bonds. The molecule has 0 N–H and O–H groups in total. The molecule has 0 radical (unpaired) electrons. The van der Waals surface area contributed by atoms with Crippen LogP contribution < -0.4 is 0 Å². The summed E-state index contributed by atoms with van der Waals surface area (Å²) in [6.45, 7) is 4.48. The van der Waals surface area contributed by atoms with E-state index in [0.717, 1.165) is 17.0 Å². The molecule has 0 bridgehead atoms. The minimum atomic E-state index is -0.0850. The molecule has 4 nitrogen and oxygen atoms in total. The standard InChI is InChI=1S/C15H18ClN3O/c1-10-13(11(2)19(4)17-10)9-18(3)15(20)12-7-5-6-8-14(12)16/h5-8H,9H2,1-4H3. The van der Waals surface area contributed by atoms with Crippen molar-refractivity contribution in [1.82, 2.24) is 14.7 Å². The summed E-state index contributed by atoms with van der Waals surface area (Å²) in [5.41, 5.74) is 3.62. The third kappa shape index (κ3) is 2.70. The van der Waals surface area contributed by atoms with Crippen molar-refractivity contribution in [2.24, 2.45) is 7.05 Å². The van der Waals surface area contributed by atoms with Gasteiger partial charge in [-0.2, -0.15) is 5.10 Å². The molecule has 0 aliphatic heterocycles. The molecular weight excluding hydrogens is 274 g/mol. The Hall–Kier alpha value is -1.81. The molecular formula is C15H18ClN3O. The number of halogens is 1. The van der Waals surface area contributed by atoms with Gasteiger partial charge in [0.1, 0.15) is 0 Å². The minimum Gasteiger partial charge on any atom is -0.337 e. The summed E-state index contributed by atoms with van der Waals surface area (Å²) in [5.74, 6) is -0.0850. The van der Waals surface area contributed by atoms with Crippen molar-refractivity contribution in [1.29, 1.82) is 0 Å². The lowest BCUT2D eigenvalue weighted by Gasteiger charge is -2.18. The highest BCUT2D eigenvalue weighted by molar-refractivity contribution is 6.33. The van der Waals surface area contributed by atoms with Gasteiger partial charge in [0.25, 0.3) is 5.91 Å². The van der Waals surface area contributed by atoms with E-state index in [1.54, 1.807) is 24.1 Å². The Labute approximate surface area is 124 Å². The monoisotopic (exact) mass is 291 g/mol. The summed E-state index contributed by atoms with van der Waals surface area (Å²) >= 11 is 6.07.